The van der Waals surface area contributed by atoms with E-state index in [4.69, 9.17) is 4.74 Å². The molecule has 0 saturated heterocycles. The molecule has 0 saturated carbocycles. The Morgan fingerprint density at radius 2 is 2.75 bits per heavy atom. The average molecular weight is 130 g/mol. The molecule has 0 radical (unpaired) electrons. The van der Waals surface area contributed by atoms with Gasteiger partial charge in [-0.05, 0) is 11.8 Å². The average Bonchev–Trinajstić information content (AvgIpc) is 2.19. The molecular formula is C6H10OS. The first-order valence-electron chi connectivity index (χ1n) is 2.73. The van der Waals surface area contributed by atoms with Crippen molar-refractivity contribution in [1.29, 1.82) is 0 Å². The minimum absolute atomic E-state index is 0.694. The second kappa shape index (κ2) is 3.15. The Hall–Kier alpha value is 0.0500. The number of hydrogen-bond acceptors (Lipinski definition) is 2. The van der Waals surface area contributed by atoms with Gasteiger partial charge in [-0.2, -0.15) is 0 Å². The largest absolute Gasteiger partial charge is 0.384 e. The van der Waals surface area contributed by atoms with E-state index in [0.717, 1.165) is 6.61 Å². The summed E-state index contributed by atoms with van der Waals surface area (Å²) in [4.78, 5) is 0. The van der Waals surface area contributed by atoms with Gasteiger partial charge in [0, 0.05) is 12.4 Å². The Kier molecular flexibility index (Phi) is 2.43. The van der Waals surface area contributed by atoms with Crippen molar-refractivity contribution in [3.63, 3.8) is 0 Å². The molecule has 0 amide bonds. The van der Waals surface area contributed by atoms with Crippen LogP contribution in [0, 0.1) is 0 Å². The molecule has 46 valence electrons. The molecule has 8 heavy (non-hydrogen) atoms. The quantitative estimate of drug-likeness (QED) is 0.562. The van der Waals surface area contributed by atoms with E-state index in [1.54, 1.807) is 7.11 Å². The van der Waals surface area contributed by atoms with Crippen LogP contribution < -0.4 is 0 Å². The molecule has 1 heterocycles. The molecule has 1 aliphatic heterocycles. The zero-order chi connectivity index (χ0) is 5.82. The number of thioether (sulfide) groups is 1. The van der Waals surface area contributed by atoms with E-state index in [2.05, 4.69) is 11.5 Å². The third kappa shape index (κ3) is 1.53. The molecule has 1 aliphatic rings. The molecule has 1 atom stereocenters. The third-order valence-electron chi connectivity index (χ3n) is 1.12. The molecule has 2 heteroatoms. The number of hydrogen-bond donors (Lipinski definition) is 0. The normalized spacial score (nSPS) is 26.9. The van der Waals surface area contributed by atoms with E-state index in [0.29, 0.717) is 5.25 Å². The zero-order valence-electron chi connectivity index (χ0n) is 4.96. The summed E-state index contributed by atoms with van der Waals surface area (Å²) in [7, 11) is 1.75. The fourth-order valence-corrected chi connectivity index (χ4v) is 1.60. The van der Waals surface area contributed by atoms with E-state index < -0.39 is 0 Å². The number of methoxy groups -OCH3 is 1. The highest BCUT2D eigenvalue weighted by Gasteiger charge is 2.08. The fourth-order valence-electron chi connectivity index (χ4n) is 0.723. The molecule has 0 fully saturated rings. The van der Waals surface area contributed by atoms with Gasteiger partial charge in [-0.1, -0.05) is 6.08 Å². The van der Waals surface area contributed by atoms with Crippen molar-refractivity contribution in [2.24, 2.45) is 0 Å². The van der Waals surface area contributed by atoms with Crippen molar-refractivity contribution in [3.05, 3.63) is 11.5 Å². The summed E-state index contributed by atoms with van der Waals surface area (Å²) < 4.78 is 4.96. The van der Waals surface area contributed by atoms with Gasteiger partial charge in [0.15, 0.2) is 0 Å². The van der Waals surface area contributed by atoms with Gasteiger partial charge < -0.3 is 4.74 Å². The maximum absolute atomic E-state index is 4.96. The van der Waals surface area contributed by atoms with Crippen molar-refractivity contribution in [2.75, 3.05) is 13.7 Å². The number of ether oxygens (including phenoxy) is 1. The third-order valence-corrected chi connectivity index (χ3v) is 2.18. The van der Waals surface area contributed by atoms with Crippen LogP contribution in [0.25, 0.3) is 0 Å². The van der Waals surface area contributed by atoms with E-state index in [1.807, 2.05) is 11.8 Å². The predicted molar refractivity (Wildman–Crippen MR) is 37.0 cm³/mol. The van der Waals surface area contributed by atoms with Crippen LogP contribution in [0.2, 0.25) is 0 Å². The Bertz CT molecular complexity index is 82.5. The molecule has 0 aromatic rings. The van der Waals surface area contributed by atoms with Crippen LogP contribution in [0.3, 0.4) is 0 Å². The Morgan fingerprint density at radius 1 is 1.88 bits per heavy atom. The van der Waals surface area contributed by atoms with Crippen LogP contribution in [0.1, 0.15) is 6.42 Å². The van der Waals surface area contributed by atoms with Crippen LogP contribution in [0.5, 0.6) is 0 Å². The first kappa shape index (κ1) is 6.17. The molecule has 0 aromatic heterocycles. The first-order chi connectivity index (χ1) is 3.93. The summed E-state index contributed by atoms with van der Waals surface area (Å²) in [5.74, 6) is 0. The molecule has 0 bridgehead atoms. The van der Waals surface area contributed by atoms with Crippen LogP contribution in [-0.4, -0.2) is 19.0 Å². The molecule has 1 nitrogen and oxygen atoms in total. The molecular weight excluding hydrogens is 120 g/mol. The summed E-state index contributed by atoms with van der Waals surface area (Å²) in [6.07, 6.45) is 3.37. The Morgan fingerprint density at radius 3 is 3.25 bits per heavy atom. The van der Waals surface area contributed by atoms with Gasteiger partial charge in [-0.3, -0.25) is 0 Å². The topological polar surface area (TPSA) is 9.23 Å². The molecule has 0 N–H and O–H groups in total. The molecule has 0 aliphatic carbocycles. The second-order valence-corrected chi connectivity index (χ2v) is 3.03. The molecule has 1 rings (SSSR count). The lowest BCUT2D eigenvalue weighted by molar-refractivity contribution is 0.200. The second-order valence-electron chi connectivity index (χ2n) is 1.82. The van der Waals surface area contributed by atoms with Crippen molar-refractivity contribution in [3.8, 4) is 0 Å². The van der Waals surface area contributed by atoms with Gasteiger partial charge >= 0.3 is 0 Å². The summed E-state index contributed by atoms with van der Waals surface area (Å²) in [5, 5.41) is 2.84. The highest BCUT2D eigenvalue weighted by Crippen LogP contribution is 2.23. The molecule has 0 aromatic carbocycles. The SMILES string of the molecule is COCC1CC=CS1. The Labute approximate surface area is 54.1 Å². The minimum Gasteiger partial charge on any atom is -0.384 e. The summed E-state index contributed by atoms with van der Waals surface area (Å²) in [6, 6.07) is 0. The fraction of sp³-hybridized carbons (Fsp3) is 0.667. The standard InChI is InChI=1S/C6H10OS/c1-7-5-6-3-2-4-8-6/h2,4,6H,3,5H2,1H3. The van der Waals surface area contributed by atoms with E-state index in [1.165, 1.54) is 6.42 Å². The minimum atomic E-state index is 0.694. The lowest BCUT2D eigenvalue weighted by Gasteiger charge is -2.03. The van der Waals surface area contributed by atoms with E-state index in [9.17, 15) is 0 Å². The maximum Gasteiger partial charge on any atom is 0.0587 e. The monoisotopic (exact) mass is 130 g/mol. The smallest absolute Gasteiger partial charge is 0.0587 e. The lowest BCUT2D eigenvalue weighted by Crippen LogP contribution is -2.05. The summed E-state index contributed by atoms with van der Waals surface area (Å²) in [5.41, 5.74) is 0. The van der Waals surface area contributed by atoms with Crippen LogP contribution in [0.15, 0.2) is 11.5 Å². The lowest BCUT2D eigenvalue weighted by atomic mass is 10.3. The first-order valence-corrected chi connectivity index (χ1v) is 3.67. The summed E-state index contributed by atoms with van der Waals surface area (Å²) in [6.45, 7) is 0.887. The highest BCUT2D eigenvalue weighted by molar-refractivity contribution is 8.03. The van der Waals surface area contributed by atoms with Crippen molar-refractivity contribution in [2.45, 2.75) is 11.7 Å². The number of allylic oxidation sites excluding steroid dienone is 1. The van der Waals surface area contributed by atoms with E-state index in [-0.39, 0.29) is 0 Å². The summed E-state index contributed by atoms with van der Waals surface area (Å²) >= 11 is 1.86. The maximum atomic E-state index is 4.96. The van der Waals surface area contributed by atoms with Gasteiger partial charge in [0.05, 0.1) is 6.61 Å². The molecule has 0 spiro atoms. The van der Waals surface area contributed by atoms with Crippen LogP contribution in [0.4, 0.5) is 0 Å². The number of rotatable bonds is 2. The van der Waals surface area contributed by atoms with E-state index >= 15 is 0 Å². The zero-order valence-corrected chi connectivity index (χ0v) is 5.78. The van der Waals surface area contributed by atoms with Gasteiger partial charge in [-0.15, -0.1) is 11.8 Å². The van der Waals surface area contributed by atoms with Crippen molar-refractivity contribution in [1.82, 2.24) is 0 Å². The van der Waals surface area contributed by atoms with Crippen LogP contribution in [-0.2, 0) is 4.74 Å². The van der Waals surface area contributed by atoms with Gasteiger partial charge in [-0.25, -0.2) is 0 Å². The molecule has 1 unspecified atom stereocenters. The van der Waals surface area contributed by atoms with Gasteiger partial charge in [0.25, 0.3) is 0 Å². The van der Waals surface area contributed by atoms with Crippen molar-refractivity contribution < 1.29 is 4.74 Å². The Balaban J connectivity index is 2.10. The van der Waals surface area contributed by atoms with Crippen molar-refractivity contribution >= 4 is 11.8 Å². The van der Waals surface area contributed by atoms with Crippen LogP contribution >= 0.6 is 11.8 Å². The van der Waals surface area contributed by atoms with Gasteiger partial charge in [0.2, 0.25) is 0 Å². The highest BCUT2D eigenvalue weighted by atomic mass is 32.2. The predicted octanol–water partition coefficient (Wildman–Crippen LogP) is 1.65. The van der Waals surface area contributed by atoms with Gasteiger partial charge in [0.1, 0.15) is 0 Å².